The van der Waals surface area contributed by atoms with Gasteiger partial charge in [-0.3, -0.25) is 0 Å². The van der Waals surface area contributed by atoms with Crippen LogP contribution in [0, 0.1) is 0 Å². The summed E-state index contributed by atoms with van der Waals surface area (Å²) in [5.41, 5.74) is 18.0. The molecule has 4 heteroatoms. The average Bonchev–Trinajstić information content (AvgIpc) is 1.59. The molecule has 0 aromatic heterocycles. The number of nitrogens with two attached hydrogens (primary N) is 3. The lowest BCUT2D eigenvalue weighted by molar-refractivity contribution is 1.65. The molecule has 0 amide bonds. The molecule has 1 rings (SSSR count). The number of hydrogen-bond acceptors (Lipinski definition) is 3. The smallest absolute Gasteiger partial charge is 0.0355 e. The Balaban J connectivity index is 0.000000810. The lowest BCUT2D eigenvalue weighted by Crippen LogP contribution is -1.93. The number of rotatable bonds is 0. The van der Waals surface area contributed by atoms with Crippen LogP contribution in [0.15, 0.2) is 18.2 Å². The van der Waals surface area contributed by atoms with Crippen molar-refractivity contribution in [2.45, 2.75) is 0 Å². The van der Waals surface area contributed by atoms with Gasteiger partial charge in [-0.1, -0.05) is 0 Å². The molecule has 3 radical (unpaired) electrons. The molecule has 0 aliphatic rings. The Hall–Kier alpha value is -1.32. The van der Waals surface area contributed by atoms with Crippen LogP contribution in [0.5, 0.6) is 0 Å². The first-order valence-electron chi connectivity index (χ1n) is 2.60. The molecule has 10 heavy (non-hydrogen) atoms. The third-order valence-corrected chi connectivity index (χ3v) is 1.00. The number of hydrogen-bond donors (Lipinski definition) is 3. The van der Waals surface area contributed by atoms with Crippen molar-refractivity contribution in [3.05, 3.63) is 18.2 Å². The van der Waals surface area contributed by atoms with Crippen molar-refractivity contribution in [1.82, 2.24) is 0 Å². The minimum Gasteiger partial charge on any atom is -0.399 e. The highest BCUT2D eigenvalue weighted by atomic mass is 14.6. The van der Waals surface area contributed by atoms with Gasteiger partial charge in [0.15, 0.2) is 0 Å². The maximum absolute atomic E-state index is 5.40. The molecule has 0 spiro atoms. The monoisotopic (exact) mass is 134 g/mol. The second kappa shape index (κ2) is 3.01. The van der Waals surface area contributed by atoms with Gasteiger partial charge in [-0.05, 0) is 18.2 Å². The van der Waals surface area contributed by atoms with E-state index < -0.39 is 0 Å². The predicted molar refractivity (Wildman–Crippen MR) is 45.4 cm³/mol. The Kier molecular flexibility index (Phi) is 2.61. The molecular weight excluding hydrogens is 125 g/mol. The summed E-state index contributed by atoms with van der Waals surface area (Å²) in [5.74, 6) is 0. The van der Waals surface area contributed by atoms with E-state index in [1.54, 1.807) is 18.2 Å². The number of nitrogen functional groups attached to an aromatic ring is 3. The van der Waals surface area contributed by atoms with Crippen LogP contribution in [0.25, 0.3) is 0 Å². The lowest BCUT2D eigenvalue weighted by Gasteiger charge is -1.97. The van der Waals surface area contributed by atoms with Gasteiger partial charge >= 0.3 is 0 Å². The van der Waals surface area contributed by atoms with Gasteiger partial charge in [0.25, 0.3) is 0 Å². The van der Waals surface area contributed by atoms with Crippen LogP contribution in [0.4, 0.5) is 17.1 Å². The fraction of sp³-hybridized carbons (Fsp3) is 0. The van der Waals surface area contributed by atoms with E-state index in [0.29, 0.717) is 17.1 Å². The normalized spacial score (nSPS) is 8.40. The Morgan fingerprint density at radius 3 is 1.10 bits per heavy atom. The van der Waals surface area contributed by atoms with Gasteiger partial charge < -0.3 is 17.2 Å². The molecule has 0 bridgehead atoms. The van der Waals surface area contributed by atoms with E-state index in [0.717, 1.165) is 0 Å². The van der Waals surface area contributed by atoms with E-state index >= 15 is 0 Å². The van der Waals surface area contributed by atoms with Gasteiger partial charge in [0.1, 0.15) is 0 Å². The van der Waals surface area contributed by atoms with Crippen LogP contribution in [0.3, 0.4) is 0 Å². The highest BCUT2D eigenvalue weighted by Gasteiger charge is 1.89. The molecule has 1 aromatic carbocycles. The molecule has 0 aliphatic heterocycles. The van der Waals surface area contributed by atoms with Gasteiger partial charge in [0, 0.05) is 25.5 Å². The van der Waals surface area contributed by atoms with E-state index in [2.05, 4.69) is 0 Å². The highest BCUT2D eigenvalue weighted by Crippen LogP contribution is 2.14. The lowest BCUT2D eigenvalue weighted by atomic mass is 10.2. The van der Waals surface area contributed by atoms with Crippen molar-refractivity contribution in [1.29, 1.82) is 0 Å². The zero-order valence-electron chi connectivity index (χ0n) is 5.54. The maximum atomic E-state index is 5.40. The van der Waals surface area contributed by atoms with E-state index in [-0.39, 0.29) is 8.41 Å². The Morgan fingerprint density at radius 2 is 0.900 bits per heavy atom. The quantitative estimate of drug-likeness (QED) is 0.346. The summed E-state index contributed by atoms with van der Waals surface area (Å²) < 4.78 is 0. The summed E-state index contributed by atoms with van der Waals surface area (Å²) in [6, 6.07) is 4.99. The summed E-state index contributed by atoms with van der Waals surface area (Å²) in [4.78, 5) is 0. The summed E-state index contributed by atoms with van der Waals surface area (Å²) >= 11 is 0. The fourth-order valence-electron chi connectivity index (χ4n) is 0.702. The van der Waals surface area contributed by atoms with Crippen LogP contribution in [-0.2, 0) is 0 Å². The SMILES string of the molecule is Nc1cc(N)cc(N)c1.[B]. The van der Waals surface area contributed by atoms with E-state index in [1.807, 2.05) is 0 Å². The van der Waals surface area contributed by atoms with Crippen LogP contribution in [-0.4, -0.2) is 8.41 Å². The van der Waals surface area contributed by atoms with Crippen molar-refractivity contribution in [3.8, 4) is 0 Å². The largest absolute Gasteiger partial charge is 0.399 e. The summed E-state index contributed by atoms with van der Waals surface area (Å²) in [5, 5.41) is 0. The standard InChI is InChI=1S/C6H9N3.B/c7-4-1-5(8)3-6(9)2-4;/h1-3H,7-9H2;. The van der Waals surface area contributed by atoms with E-state index in [9.17, 15) is 0 Å². The summed E-state index contributed by atoms with van der Waals surface area (Å²) in [7, 11) is 0. The zero-order valence-corrected chi connectivity index (χ0v) is 5.54. The molecule has 1 aromatic rings. The minimum atomic E-state index is 0. The molecule has 3 nitrogen and oxygen atoms in total. The first-order valence-corrected chi connectivity index (χ1v) is 2.60. The van der Waals surface area contributed by atoms with Gasteiger partial charge in [-0.25, -0.2) is 0 Å². The van der Waals surface area contributed by atoms with Crippen LogP contribution >= 0.6 is 0 Å². The first-order chi connectivity index (χ1) is 4.18. The second-order valence-corrected chi connectivity index (χ2v) is 1.93. The third kappa shape index (κ3) is 1.89. The van der Waals surface area contributed by atoms with E-state index in [1.165, 1.54) is 0 Å². The van der Waals surface area contributed by atoms with Crippen LogP contribution < -0.4 is 17.2 Å². The molecule has 0 aliphatic carbocycles. The van der Waals surface area contributed by atoms with Crippen molar-refractivity contribution >= 4 is 25.5 Å². The predicted octanol–water partition coefficient (Wildman–Crippen LogP) is 0.0524. The number of anilines is 3. The molecule has 0 saturated heterocycles. The fourth-order valence-corrected chi connectivity index (χ4v) is 0.702. The Morgan fingerprint density at radius 1 is 0.700 bits per heavy atom. The molecule has 0 atom stereocenters. The van der Waals surface area contributed by atoms with E-state index in [4.69, 9.17) is 17.2 Å². The van der Waals surface area contributed by atoms with Gasteiger partial charge in [0.05, 0.1) is 0 Å². The minimum absolute atomic E-state index is 0. The second-order valence-electron chi connectivity index (χ2n) is 1.93. The van der Waals surface area contributed by atoms with Crippen molar-refractivity contribution in [2.24, 2.45) is 0 Å². The summed E-state index contributed by atoms with van der Waals surface area (Å²) in [6.07, 6.45) is 0. The molecular formula is C6H9BN3. The molecule has 51 valence electrons. The van der Waals surface area contributed by atoms with Gasteiger partial charge in [-0.2, -0.15) is 0 Å². The average molecular weight is 134 g/mol. The Bertz CT molecular complexity index is 174. The topological polar surface area (TPSA) is 78.1 Å². The van der Waals surface area contributed by atoms with Crippen molar-refractivity contribution in [2.75, 3.05) is 17.2 Å². The molecule has 6 N–H and O–H groups in total. The van der Waals surface area contributed by atoms with Crippen LogP contribution in [0.2, 0.25) is 0 Å². The summed E-state index contributed by atoms with van der Waals surface area (Å²) in [6.45, 7) is 0. The highest BCUT2D eigenvalue weighted by molar-refractivity contribution is 5.75. The number of benzene rings is 1. The third-order valence-electron chi connectivity index (χ3n) is 1.00. The first kappa shape index (κ1) is 8.68. The van der Waals surface area contributed by atoms with Gasteiger partial charge in [-0.15, -0.1) is 0 Å². The molecule has 0 fully saturated rings. The van der Waals surface area contributed by atoms with Crippen molar-refractivity contribution < 1.29 is 0 Å². The molecule has 0 saturated carbocycles. The Labute approximate surface area is 61.8 Å². The van der Waals surface area contributed by atoms with Crippen molar-refractivity contribution in [3.63, 3.8) is 0 Å². The maximum Gasteiger partial charge on any atom is 0.0355 e. The van der Waals surface area contributed by atoms with Gasteiger partial charge in [0.2, 0.25) is 0 Å². The van der Waals surface area contributed by atoms with Crippen LogP contribution in [0.1, 0.15) is 0 Å². The zero-order chi connectivity index (χ0) is 6.85. The molecule has 0 unspecified atom stereocenters. The molecule has 0 heterocycles.